The molecular formula is C20H26N4O3S. The van der Waals surface area contributed by atoms with E-state index in [1.54, 1.807) is 24.3 Å². The van der Waals surface area contributed by atoms with Crippen molar-refractivity contribution in [1.29, 1.82) is 5.26 Å². The Balaban J connectivity index is 1.89. The van der Waals surface area contributed by atoms with Crippen LogP contribution in [0.25, 0.3) is 11.5 Å². The molecule has 0 radical (unpaired) electrons. The van der Waals surface area contributed by atoms with Crippen LogP contribution < -0.4 is 4.90 Å². The van der Waals surface area contributed by atoms with Gasteiger partial charge in [0.1, 0.15) is 6.07 Å². The second-order valence-electron chi connectivity index (χ2n) is 6.80. The van der Waals surface area contributed by atoms with Gasteiger partial charge < -0.3 is 9.32 Å². The third-order valence-corrected chi connectivity index (χ3v) is 7.12. The lowest BCUT2D eigenvalue weighted by atomic mass is 10.2. The topological polar surface area (TPSA) is 90.4 Å². The Hall–Kier alpha value is -2.37. The summed E-state index contributed by atoms with van der Waals surface area (Å²) in [6.07, 6.45) is 4.50. The highest BCUT2D eigenvalue weighted by Crippen LogP contribution is 2.30. The minimum atomic E-state index is -3.51. The smallest absolute Gasteiger partial charge is 0.243 e. The molecule has 2 heterocycles. The Morgan fingerprint density at radius 2 is 1.71 bits per heavy atom. The van der Waals surface area contributed by atoms with Crippen molar-refractivity contribution >= 4 is 15.9 Å². The highest BCUT2D eigenvalue weighted by atomic mass is 32.2. The van der Waals surface area contributed by atoms with Crippen molar-refractivity contribution in [3.63, 3.8) is 0 Å². The lowest BCUT2D eigenvalue weighted by Crippen LogP contribution is -2.30. The summed E-state index contributed by atoms with van der Waals surface area (Å²) in [7, 11) is -3.51. The van der Waals surface area contributed by atoms with Crippen molar-refractivity contribution in [3.8, 4) is 17.5 Å². The standard InChI is InChI=1S/C20H26N4O3S/c1-3-24(4-2)28(25,26)17-11-9-16(10-12-17)19-22-18(15-21)20(27-19)23-13-7-5-6-8-14-23/h9-12H,3-8,13-14H2,1-2H3. The van der Waals surface area contributed by atoms with E-state index < -0.39 is 10.0 Å². The van der Waals surface area contributed by atoms with E-state index in [2.05, 4.69) is 16.0 Å². The molecular weight excluding hydrogens is 376 g/mol. The summed E-state index contributed by atoms with van der Waals surface area (Å²) in [5.41, 5.74) is 0.924. The van der Waals surface area contributed by atoms with Crippen LogP contribution in [0.5, 0.6) is 0 Å². The van der Waals surface area contributed by atoms with E-state index in [4.69, 9.17) is 4.42 Å². The fourth-order valence-electron chi connectivity index (χ4n) is 3.48. The second-order valence-corrected chi connectivity index (χ2v) is 8.74. The van der Waals surface area contributed by atoms with E-state index in [9.17, 15) is 13.7 Å². The van der Waals surface area contributed by atoms with Crippen LogP contribution in [0.1, 0.15) is 45.2 Å². The Bertz CT molecular complexity index is 933. The van der Waals surface area contributed by atoms with E-state index >= 15 is 0 Å². The van der Waals surface area contributed by atoms with Gasteiger partial charge in [-0.2, -0.15) is 14.6 Å². The van der Waals surface area contributed by atoms with Gasteiger partial charge in [0.15, 0.2) is 0 Å². The molecule has 8 heteroatoms. The number of hydrogen-bond acceptors (Lipinski definition) is 6. The Labute approximate surface area is 166 Å². The van der Waals surface area contributed by atoms with Crippen molar-refractivity contribution in [3.05, 3.63) is 30.0 Å². The molecule has 1 saturated heterocycles. The lowest BCUT2D eigenvalue weighted by molar-refractivity contribution is 0.445. The van der Waals surface area contributed by atoms with Gasteiger partial charge in [0.05, 0.1) is 4.90 Å². The third kappa shape index (κ3) is 4.05. The molecule has 1 aromatic carbocycles. The fraction of sp³-hybridized carbons (Fsp3) is 0.500. The van der Waals surface area contributed by atoms with Crippen LogP contribution >= 0.6 is 0 Å². The minimum absolute atomic E-state index is 0.236. The third-order valence-electron chi connectivity index (χ3n) is 5.05. The number of hydrogen-bond donors (Lipinski definition) is 0. The largest absolute Gasteiger partial charge is 0.419 e. The molecule has 0 spiro atoms. The van der Waals surface area contributed by atoms with Gasteiger partial charge in [-0.3, -0.25) is 0 Å². The summed E-state index contributed by atoms with van der Waals surface area (Å²) < 4.78 is 32.6. The van der Waals surface area contributed by atoms with Gasteiger partial charge in [-0.15, -0.1) is 0 Å². The van der Waals surface area contributed by atoms with Crippen molar-refractivity contribution in [2.75, 3.05) is 31.1 Å². The first kappa shape index (κ1) is 20.4. The van der Waals surface area contributed by atoms with Gasteiger partial charge in [-0.05, 0) is 37.1 Å². The lowest BCUT2D eigenvalue weighted by Gasteiger charge is -2.19. The zero-order valence-electron chi connectivity index (χ0n) is 16.4. The first-order valence-electron chi connectivity index (χ1n) is 9.77. The average Bonchev–Trinajstić information content (AvgIpc) is 2.95. The van der Waals surface area contributed by atoms with E-state index in [1.165, 1.54) is 17.1 Å². The molecule has 1 aliphatic heterocycles. The van der Waals surface area contributed by atoms with Gasteiger partial charge in [0.2, 0.25) is 27.5 Å². The molecule has 1 aromatic heterocycles. The number of aromatic nitrogens is 1. The molecule has 0 amide bonds. The van der Waals surface area contributed by atoms with Gasteiger partial charge in [-0.1, -0.05) is 26.7 Å². The number of nitrogens with zero attached hydrogens (tertiary/aromatic N) is 4. The van der Waals surface area contributed by atoms with Crippen LogP contribution in [0, 0.1) is 11.3 Å². The molecule has 1 fully saturated rings. The molecule has 1 aliphatic rings. The van der Waals surface area contributed by atoms with Crippen molar-refractivity contribution in [2.45, 2.75) is 44.4 Å². The number of sulfonamides is 1. The molecule has 150 valence electrons. The predicted molar refractivity (Wildman–Crippen MR) is 107 cm³/mol. The minimum Gasteiger partial charge on any atom is -0.419 e. The molecule has 28 heavy (non-hydrogen) atoms. The maximum Gasteiger partial charge on any atom is 0.243 e. The van der Waals surface area contributed by atoms with Crippen LogP contribution in [-0.4, -0.2) is 43.9 Å². The van der Waals surface area contributed by atoms with Crippen molar-refractivity contribution in [1.82, 2.24) is 9.29 Å². The fourth-order valence-corrected chi connectivity index (χ4v) is 4.94. The molecule has 0 aliphatic carbocycles. The molecule has 0 unspecified atom stereocenters. The quantitative estimate of drug-likeness (QED) is 0.733. The Kier molecular flexibility index (Phi) is 6.37. The predicted octanol–water partition coefficient (Wildman–Crippen LogP) is 3.62. The van der Waals surface area contributed by atoms with Gasteiger partial charge in [0.25, 0.3) is 0 Å². The van der Waals surface area contributed by atoms with Crippen molar-refractivity contribution < 1.29 is 12.8 Å². The molecule has 7 nitrogen and oxygen atoms in total. The Morgan fingerprint density at radius 3 is 2.25 bits per heavy atom. The van der Waals surface area contributed by atoms with Crippen LogP contribution in [0.3, 0.4) is 0 Å². The Morgan fingerprint density at radius 1 is 1.11 bits per heavy atom. The number of anilines is 1. The van der Waals surface area contributed by atoms with E-state index in [0.717, 1.165) is 25.9 Å². The zero-order valence-corrected chi connectivity index (χ0v) is 17.2. The molecule has 3 rings (SSSR count). The molecule has 0 bridgehead atoms. The average molecular weight is 403 g/mol. The van der Waals surface area contributed by atoms with E-state index in [1.807, 2.05) is 13.8 Å². The van der Waals surface area contributed by atoms with Crippen LogP contribution in [-0.2, 0) is 10.0 Å². The molecule has 2 aromatic rings. The number of nitriles is 1. The van der Waals surface area contributed by atoms with Crippen molar-refractivity contribution in [2.24, 2.45) is 0 Å². The maximum atomic E-state index is 12.6. The summed E-state index contributed by atoms with van der Waals surface area (Å²) in [6, 6.07) is 8.59. The maximum absolute atomic E-state index is 12.6. The number of rotatable bonds is 6. The SMILES string of the molecule is CCN(CC)S(=O)(=O)c1ccc(-c2nc(C#N)c(N3CCCCCC3)o2)cc1. The molecule has 0 atom stereocenters. The highest BCUT2D eigenvalue weighted by Gasteiger charge is 2.23. The van der Waals surface area contributed by atoms with Gasteiger partial charge in [-0.25, -0.2) is 8.42 Å². The molecule has 0 N–H and O–H groups in total. The normalized spacial score (nSPS) is 15.4. The van der Waals surface area contributed by atoms with Crippen LogP contribution in [0.15, 0.2) is 33.6 Å². The zero-order chi connectivity index (χ0) is 20.1. The number of oxazole rings is 1. The first-order valence-corrected chi connectivity index (χ1v) is 11.2. The summed E-state index contributed by atoms with van der Waals surface area (Å²) in [5, 5.41) is 9.46. The van der Waals surface area contributed by atoms with E-state index in [-0.39, 0.29) is 10.6 Å². The van der Waals surface area contributed by atoms with E-state index in [0.29, 0.717) is 30.4 Å². The van der Waals surface area contributed by atoms with Gasteiger partial charge in [0, 0.05) is 31.7 Å². The summed E-state index contributed by atoms with van der Waals surface area (Å²) >= 11 is 0. The highest BCUT2D eigenvalue weighted by molar-refractivity contribution is 7.89. The summed E-state index contributed by atoms with van der Waals surface area (Å²) in [5.74, 6) is 0.849. The van der Waals surface area contributed by atoms with Gasteiger partial charge >= 0.3 is 0 Å². The first-order chi connectivity index (χ1) is 13.5. The second kappa shape index (κ2) is 8.76. The number of benzene rings is 1. The summed E-state index contributed by atoms with van der Waals surface area (Å²) in [4.78, 5) is 6.66. The van der Waals surface area contributed by atoms with Crippen LogP contribution in [0.2, 0.25) is 0 Å². The monoisotopic (exact) mass is 402 g/mol. The molecule has 0 saturated carbocycles. The van der Waals surface area contributed by atoms with Crippen LogP contribution in [0.4, 0.5) is 5.88 Å². The summed E-state index contributed by atoms with van der Waals surface area (Å²) in [6.45, 7) is 6.18.